The number of hydrogen-bond acceptors (Lipinski definition) is 4. The Labute approximate surface area is 217 Å². The van der Waals surface area contributed by atoms with E-state index >= 15 is 0 Å². The van der Waals surface area contributed by atoms with Gasteiger partial charge in [-0.2, -0.15) is 13.2 Å². The van der Waals surface area contributed by atoms with E-state index in [9.17, 15) is 31.2 Å². The molecule has 0 saturated heterocycles. The van der Waals surface area contributed by atoms with Crippen LogP contribution in [0.15, 0.2) is 53.0 Å². The molecule has 0 heterocycles. The monoisotopic (exact) mass is 591 g/mol. The number of benzene rings is 2. The van der Waals surface area contributed by atoms with Gasteiger partial charge in [-0.15, -0.1) is 0 Å². The second-order valence-corrected chi connectivity index (χ2v) is 11.3. The Bertz CT molecular complexity index is 1170. The van der Waals surface area contributed by atoms with Gasteiger partial charge < -0.3 is 10.2 Å². The van der Waals surface area contributed by atoms with Crippen molar-refractivity contribution in [3.8, 4) is 0 Å². The van der Waals surface area contributed by atoms with Crippen molar-refractivity contribution in [3.63, 3.8) is 0 Å². The minimum atomic E-state index is -4.70. The van der Waals surface area contributed by atoms with Crippen LogP contribution >= 0.6 is 15.9 Å². The number of anilines is 1. The fraction of sp³-hybridized carbons (Fsp3) is 0.417. The second kappa shape index (κ2) is 12.1. The molecule has 0 aliphatic rings. The molecule has 0 aromatic heterocycles. The molecule has 0 fully saturated rings. The maximum absolute atomic E-state index is 13.4. The predicted molar refractivity (Wildman–Crippen MR) is 136 cm³/mol. The molecule has 1 N–H and O–H groups in total. The highest BCUT2D eigenvalue weighted by atomic mass is 79.9. The zero-order valence-electron chi connectivity index (χ0n) is 20.3. The maximum atomic E-state index is 13.4. The standard InChI is InChI=1S/C24H29BrF3N3O4S/c1-5-16(2)29-23(33)17(3)30(14-18-9-11-20(25)12-10-18)22(32)15-31(36(4,34)35)21-8-6-7-19(13-21)24(26,27)28/h6-13,16-17H,5,14-15H2,1-4H3,(H,29,33)/t16-,17-/m0/s1. The Morgan fingerprint density at radius 3 is 2.22 bits per heavy atom. The van der Waals surface area contributed by atoms with E-state index < -0.39 is 46.2 Å². The average molecular weight is 592 g/mol. The van der Waals surface area contributed by atoms with Crippen LogP contribution in [0, 0.1) is 0 Å². The van der Waals surface area contributed by atoms with Crippen molar-refractivity contribution in [2.24, 2.45) is 0 Å². The number of hydrogen-bond donors (Lipinski definition) is 1. The number of sulfonamides is 1. The number of nitrogens with zero attached hydrogens (tertiary/aromatic N) is 2. The molecule has 2 atom stereocenters. The van der Waals surface area contributed by atoms with Crippen LogP contribution in [0.5, 0.6) is 0 Å². The number of carbonyl (C=O) groups excluding carboxylic acids is 2. The minimum Gasteiger partial charge on any atom is -0.352 e. The summed E-state index contributed by atoms with van der Waals surface area (Å²) < 4.78 is 66.1. The molecule has 0 radical (unpaired) electrons. The molecule has 36 heavy (non-hydrogen) atoms. The van der Waals surface area contributed by atoms with Crippen LogP contribution in [0.4, 0.5) is 18.9 Å². The lowest BCUT2D eigenvalue weighted by atomic mass is 10.1. The second-order valence-electron chi connectivity index (χ2n) is 8.46. The SMILES string of the molecule is CC[C@H](C)NC(=O)[C@H](C)N(Cc1ccc(Br)cc1)C(=O)CN(c1cccc(C(F)(F)F)c1)S(C)(=O)=O. The van der Waals surface area contributed by atoms with Crippen molar-refractivity contribution in [2.45, 2.75) is 52.0 Å². The van der Waals surface area contributed by atoms with Crippen molar-refractivity contribution in [1.29, 1.82) is 0 Å². The summed E-state index contributed by atoms with van der Waals surface area (Å²) in [6.07, 6.45) is -3.23. The zero-order valence-corrected chi connectivity index (χ0v) is 22.7. The molecule has 2 rings (SSSR count). The number of halogens is 4. The number of rotatable bonds is 10. The summed E-state index contributed by atoms with van der Waals surface area (Å²) in [5.41, 5.74) is -0.671. The van der Waals surface area contributed by atoms with Gasteiger partial charge in [0.2, 0.25) is 21.8 Å². The van der Waals surface area contributed by atoms with Crippen molar-refractivity contribution in [3.05, 3.63) is 64.1 Å². The molecule has 0 aliphatic carbocycles. The molecule has 12 heteroatoms. The number of nitrogens with one attached hydrogen (secondary N) is 1. The summed E-state index contributed by atoms with van der Waals surface area (Å²) in [6.45, 7) is 4.42. The lowest BCUT2D eigenvalue weighted by Crippen LogP contribution is -2.52. The Balaban J connectivity index is 2.43. The van der Waals surface area contributed by atoms with E-state index in [-0.39, 0.29) is 18.3 Å². The van der Waals surface area contributed by atoms with Gasteiger partial charge in [0.15, 0.2) is 0 Å². The molecule has 0 bridgehead atoms. The first-order chi connectivity index (χ1) is 16.6. The summed E-state index contributed by atoms with van der Waals surface area (Å²) in [4.78, 5) is 27.5. The fourth-order valence-electron chi connectivity index (χ4n) is 3.29. The number of alkyl halides is 3. The Hall–Kier alpha value is -2.60. The van der Waals surface area contributed by atoms with Crippen LogP contribution in [-0.4, -0.2) is 50.0 Å². The first kappa shape index (κ1) is 29.6. The van der Waals surface area contributed by atoms with Crippen LogP contribution < -0.4 is 9.62 Å². The summed E-state index contributed by atoms with van der Waals surface area (Å²) in [5, 5.41) is 2.80. The third-order valence-corrected chi connectivity index (χ3v) is 7.24. The summed E-state index contributed by atoms with van der Waals surface area (Å²) in [6, 6.07) is 9.61. The van der Waals surface area contributed by atoms with Crippen molar-refractivity contribution < 1.29 is 31.2 Å². The van der Waals surface area contributed by atoms with E-state index in [0.29, 0.717) is 22.4 Å². The lowest BCUT2D eigenvalue weighted by Gasteiger charge is -2.32. The summed E-state index contributed by atoms with van der Waals surface area (Å²) in [7, 11) is -4.14. The van der Waals surface area contributed by atoms with Crippen molar-refractivity contribution in [1.82, 2.24) is 10.2 Å². The average Bonchev–Trinajstić information content (AvgIpc) is 2.80. The van der Waals surface area contributed by atoms with Crippen LogP contribution in [-0.2, 0) is 32.3 Å². The lowest BCUT2D eigenvalue weighted by molar-refractivity contribution is -0.139. The van der Waals surface area contributed by atoms with Crippen LogP contribution in [0.1, 0.15) is 38.3 Å². The molecule has 0 aliphatic heterocycles. The zero-order chi connectivity index (χ0) is 27.3. The Kier molecular flexibility index (Phi) is 9.95. The van der Waals surface area contributed by atoms with E-state index in [0.717, 1.165) is 22.9 Å². The van der Waals surface area contributed by atoms with E-state index in [1.54, 1.807) is 24.3 Å². The van der Waals surface area contributed by atoms with Gasteiger partial charge in [-0.3, -0.25) is 13.9 Å². The van der Waals surface area contributed by atoms with E-state index in [1.807, 2.05) is 13.8 Å². The van der Waals surface area contributed by atoms with E-state index in [2.05, 4.69) is 21.2 Å². The predicted octanol–water partition coefficient (Wildman–Crippen LogP) is 4.57. The molecule has 0 unspecified atom stereocenters. The highest BCUT2D eigenvalue weighted by Gasteiger charge is 2.33. The van der Waals surface area contributed by atoms with Gasteiger partial charge in [0.05, 0.1) is 17.5 Å². The molecular weight excluding hydrogens is 563 g/mol. The van der Waals surface area contributed by atoms with Crippen LogP contribution in [0.2, 0.25) is 0 Å². The van der Waals surface area contributed by atoms with Crippen LogP contribution in [0.25, 0.3) is 0 Å². The van der Waals surface area contributed by atoms with Crippen molar-refractivity contribution in [2.75, 3.05) is 17.1 Å². The molecular formula is C24H29BrF3N3O4S. The van der Waals surface area contributed by atoms with Crippen molar-refractivity contribution >= 4 is 43.5 Å². The normalized spacial score (nSPS) is 13.6. The minimum absolute atomic E-state index is 0.0125. The smallest absolute Gasteiger partial charge is 0.352 e. The molecule has 7 nitrogen and oxygen atoms in total. The molecule has 0 saturated carbocycles. The molecule has 2 aromatic carbocycles. The topological polar surface area (TPSA) is 86.8 Å². The van der Waals surface area contributed by atoms with Gasteiger partial charge in [-0.1, -0.05) is 41.1 Å². The van der Waals surface area contributed by atoms with Gasteiger partial charge in [0.25, 0.3) is 0 Å². The Morgan fingerprint density at radius 1 is 1.08 bits per heavy atom. The molecule has 2 aromatic rings. The number of carbonyl (C=O) groups is 2. The molecule has 198 valence electrons. The molecule has 2 amide bonds. The first-order valence-corrected chi connectivity index (χ1v) is 13.8. The largest absolute Gasteiger partial charge is 0.416 e. The quantitative estimate of drug-likeness (QED) is 0.438. The van der Waals surface area contributed by atoms with E-state index in [1.165, 1.54) is 17.9 Å². The molecule has 0 spiro atoms. The van der Waals surface area contributed by atoms with E-state index in [4.69, 9.17) is 0 Å². The first-order valence-electron chi connectivity index (χ1n) is 11.1. The summed E-state index contributed by atoms with van der Waals surface area (Å²) in [5.74, 6) is -1.17. The third kappa shape index (κ3) is 8.22. The van der Waals surface area contributed by atoms with Gasteiger partial charge >= 0.3 is 6.18 Å². The van der Waals surface area contributed by atoms with Gasteiger partial charge in [0.1, 0.15) is 12.6 Å². The van der Waals surface area contributed by atoms with Crippen LogP contribution in [0.3, 0.4) is 0 Å². The highest BCUT2D eigenvalue weighted by Crippen LogP contribution is 2.32. The maximum Gasteiger partial charge on any atom is 0.416 e. The Morgan fingerprint density at radius 2 is 1.69 bits per heavy atom. The highest BCUT2D eigenvalue weighted by molar-refractivity contribution is 9.10. The van der Waals surface area contributed by atoms with Gasteiger partial charge in [-0.25, -0.2) is 8.42 Å². The fourth-order valence-corrected chi connectivity index (χ4v) is 4.39. The summed E-state index contributed by atoms with van der Waals surface area (Å²) >= 11 is 3.33. The van der Waals surface area contributed by atoms with Gasteiger partial charge in [0, 0.05) is 17.1 Å². The van der Waals surface area contributed by atoms with Gasteiger partial charge in [-0.05, 0) is 56.2 Å². The number of amides is 2. The third-order valence-electron chi connectivity index (χ3n) is 5.58.